The van der Waals surface area contributed by atoms with Gasteiger partial charge >= 0.3 is 0 Å². The van der Waals surface area contributed by atoms with Gasteiger partial charge in [0.1, 0.15) is 0 Å². The lowest BCUT2D eigenvalue weighted by molar-refractivity contribution is 0.468. The Bertz CT molecular complexity index is 147. The van der Waals surface area contributed by atoms with Crippen LogP contribution >= 0.6 is 23.5 Å². The Morgan fingerprint density at radius 1 is 1.27 bits per heavy atom. The molecule has 1 fully saturated rings. The minimum atomic E-state index is 0.763. The van der Waals surface area contributed by atoms with Gasteiger partial charge in [-0.3, -0.25) is 0 Å². The number of rotatable bonds is 7. The zero-order chi connectivity index (χ0) is 10.9. The van der Waals surface area contributed by atoms with Gasteiger partial charge in [-0.05, 0) is 13.0 Å². The Morgan fingerprint density at radius 2 is 2.13 bits per heavy atom. The van der Waals surface area contributed by atoms with Crippen molar-refractivity contribution in [2.24, 2.45) is 0 Å². The number of nitrogens with one attached hydrogen (secondary N) is 1. The van der Waals surface area contributed by atoms with Crippen LogP contribution in [0.5, 0.6) is 0 Å². The van der Waals surface area contributed by atoms with Gasteiger partial charge < -0.3 is 5.32 Å². The van der Waals surface area contributed by atoms with Gasteiger partial charge in [0.15, 0.2) is 0 Å². The smallest absolute Gasteiger partial charge is 0.0291 e. The van der Waals surface area contributed by atoms with Crippen molar-refractivity contribution in [1.29, 1.82) is 0 Å². The molecule has 1 nitrogen and oxygen atoms in total. The molecular weight excluding hydrogens is 222 g/mol. The standard InChI is InChI=1S/C12H25NS2/c1-3-5-6-7-11(13-4-2)12-10-14-8-9-15-12/h11-13H,3-10H2,1-2H3. The topological polar surface area (TPSA) is 12.0 Å². The Kier molecular flexibility index (Phi) is 8.02. The van der Waals surface area contributed by atoms with Gasteiger partial charge in [-0.15, -0.1) is 0 Å². The Morgan fingerprint density at radius 3 is 2.73 bits per heavy atom. The fourth-order valence-corrected chi connectivity index (χ4v) is 4.96. The molecule has 0 saturated carbocycles. The van der Waals surface area contributed by atoms with E-state index in [1.165, 1.54) is 42.9 Å². The Balaban J connectivity index is 2.26. The number of thioether (sulfide) groups is 2. The average Bonchev–Trinajstić information content (AvgIpc) is 2.29. The molecule has 1 N–H and O–H groups in total. The largest absolute Gasteiger partial charge is 0.313 e. The highest BCUT2D eigenvalue weighted by Crippen LogP contribution is 2.28. The van der Waals surface area contributed by atoms with Crippen LogP contribution in [-0.4, -0.2) is 35.1 Å². The van der Waals surface area contributed by atoms with Gasteiger partial charge in [0, 0.05) is 28.6 Å². The normalized spacial score (nSPS) is 24.0. The summed E-state index contributed by atoms with van der Waals surface area (Å²) in [4.78, 5) is 0. The summed E-state index contributed by atoms with van der Waals surface area (Å²) >= 11 is 4.32. The van der Waals surface area contributed by atoms with Gasteiger partial charge in [0.2, 0.25) is 0 Å². The van der Waals surface area contributed by atoms with Crippen molar-refractivity contribution < 1.29 is 0 Å². The first kappa shape index (κ1) is 13.7. The number of unbranched alkanes of at least 4 members (excludes halogenated alkanes) is 2. The van der Waals surface area contributed by atoms with Gasteiger partial charge in [0.25, 0.3) is 0 Å². The molecule has 1 aliphatic heterocycles. The molecule has 3 heteroatoms. The first-order chi connectivity index (χ1) is 7.38. The van der Waals surface area contributed by atoms with E-state index in [2.05, 4.69) is 42.7 Å². The molecule has 0 aromatic rings. The minimum absolute atomic E-state index is 0.763. The third-order valence-electron chi connectivity index (χ3n) is 2.88. The monoisotopic (exact) mass is 247 g/mol. The van der Waals surface area contributed by atoms with E-state index in [0.717, 1.165) is 17.8 Å². The van der Waals surface area contributed by atoms with Gasteiger partial charge in [-0.1, -0.05) is 33.1 Å². The Labute approximate surface area is 104 Å². The van der Waals surface area contributed by atoms with E-state index in [4.69, 9.17) is 0 Å². The van der Waals surface area contributed by atoms with E-state index in [1.807, 2.05) is 0 Å². The Hall–Kier alpha value is 0.660. The highest BCUT2D eigenvalue weighted by atomic mass is 32.2. The van der Waals surface area contributed by atoms with Crippen molar-refractivity contribution >= 4 is 23.5 Å². The molecule has 90 valence electrons. The van der Waals surface area contributed by atoms with E-state index in [9.17, 15) is 0 Å². The molecule has 15 heavy (non-hydrogen) atoms. The van der Waals surface area contributed by atoms with Crippen LogP contribution in [0, 0.1) is 0 Å². The molecule has 0 amide bonds. The van der Waals surface area contributed by atoms with Crippen LogP contribution in [-0.2, 0) is 0 Å². The summed E-state index contributed by atoms with van der Waals surface area (Å²) in [5.41, 5.74) is 0. The van der Waals surface area contributed by atoms with Gasteiger partial charge in [-0.2, -0.15) is 23.5 Å². The molecule has 1 rings (SSSR count). The van der Waals surface area contributed by atoms with E-state index in [-0.39, 0.29) is 0 Å². The third kappa shape index (κ3) is 5.50. The lowest BCUT2D eigenvalue weighted by Crippen LogP contribution is -2.40. The number of hydrogen-bond donors (Lipinski definition) is 1. The quantitative estimate of drug-likeness (QED) is 0.693. The maximum atomic E-state index is 3.68. The van der Waals surface area contributed by atoms with Crippen molar-refractivity contribution in [3.05, 3.63) is 0 Å². The zero-order valence-electron chi connectivity index (χ0n) is 10.1. The predicted octanol–water partition coefficient (Wildman–Crippen LogP) is 3.39. The highest BCUT2D eigenvalue weighted by molar-refractivity contribution is 8.06. The second kappa shape index (κ2) is 8.77. The summed E-state index contributed by atoms with van der Waals surface area (Å²) in [7, 11) is 0. The van der Waals surface area contributed by atoms with Crippen LogP contribution in [0.4, 0.5) is 0 Å². The molecule has 0 radical (unpaired) electrons. The summed E-state index contributed by atoms with van der Waals surface area (Å²) < 4.78 is 0. The van der Waals surface area contributed by atoms with E-state index in [0.29, 0.717) is 0 Å². The molecule has 0 aliphatic carbocycles. The molecule has 1 saturated heterocycles. The maximum absolute atomic E-state index is 3.68. The molecule has 0 bridgehead atoms. The molecule has 1 heterocycles. The molecular formula is C12H25NS2. The van der Waals surface area contributed by atoms with Crippen LogP contribution in [0.3, 0.4) is 0 Å². The van der Waals surface area contributed by atoms with E-state index >= 15 is 0 Å². The lowest BCUT2D eigenvalue weighted by Gasteiger charge is -2.30. The van der Waals surface area contributed by atoms with E-state index < -0.39 is 0 Å². The lowest BCUT2D eigenvalue weighted by atomic mass is 10.1. The van der Waals surface area contributed by atoms with Crippen LogP contribution in [0.15, 0.2) is 0 Å². The summed E-state index contributed by atoms with van der Waals surface area (Å²) in [5, 5.41) is 4.54. The van der Waals surface area contributed by atoms with Crippen LogP contribution in [0.1, 0.15) is 39.5 Å². The second-order valence-corrected chi connectivity index (χ2v) is 6.64. The predicted molar refractivity (Wildman–Crippen MR) is 75.2 cm³/mol. The molecule has 1 aliphatic rings. The molecule has 0 spiro atoms. The second-order valence-electron chi connectivity index (χ2n) is 4.14. The molecule has 0 aromatic heterocycles. The van der Waals surface area contributed by atoms with Crippen LogP contribution in [0.2, 0.25) is 0 Å². The van der Waals surface area contributed by atoms with Gasteiger partial charge in [-0.25, -0.2) is 0 Å². The van der Waals surface area contributed by atoms with Crippen molar-refractivity contribution in [2.75, 3.05) is 23.8 Å². The first-order valence-electron chi connectivity index (χ1n) is 6.31. The third-order valence-corrected chi connectivity index (χ3v) is 5.80. The maximum Gasteiger partial charge on any atom is 0.0291 e. The number of hydrogen-bond acceptors (Lipinski definition) is 3. The molecule has 2 atom stereocenters. The average molecular weight is 247 g/mol. The van der Waals surface area contributed by atoms with Gasteiger partial charge in [0.05, 0.1) is 0 Å². The summed E-state index contributed by atoms with van der Waals surface area (Å²) in [5.74, 6) is 4.06. The van der Waals surface area contributed by atoms with Crippen molar-refractivity contribution in [1.82, 2.24) is 5.32 Å². The molecule has 2 unspecified atom stereocenters. The highest BCUT2D eigenvalue weighted by Gasteiger charge is 2.23. The fraction of sp³-hybridized carbons (Fsp3) is 1.00. The SMILES string of the molecule is CCCCCC(NCC)C1CSCCS1. The molecule has 0 aromatic carbocycles. The minimum Gasteiger partial charge on any atom is -0.313 e. The van der Waals surface area contributed by atoms with Crippen LogP contribution < -0.4 is 5.32 Å². The summed E-state index contributed by atoms with van der Waals surface area (Å²) in [6.07, 6.45) is 5.51. The van der Waals surface area contributed by atoms with E-state index in [1.54, 1.807) is 0 Å². The first-order valence-corrected chi connectivity index (χ1v) is 8.51. The van der Waals surface area contributed by atoms with Crippen LogP contribution in [0.25, 0.3) is 0 Å². The summed E-state index contributed by atoms with van der Waals surface area (Å²) in [6.45, 7) is 5.64. The summed E-state index contributed by atoms with van der Waals surface area (Å²) in [6, 6.07) is 0.763. The van der Waals surface area contributed by atoms with Crippen molar-refractivity contribution in [2.45, 2.75) is 50.8 Å². The fourth-order valence-electron chi connectivity index (χ4n) is 2.03. The van der Waals surface area contributed by atoms with Crippen molar-refractivity contribution in [3.63, 3.8) is 0 Å². The zero-order valence-corrected chi connectivity index (χ0v) is 11.8. The van der Waals surface area contributed by atoms with Crippen molar-refractivity contribution in [3.8, 4) is 0 Å².